The summed E-state index contributed by atoms with van der Waals surface area (Å²) in [4.78, 5) is 12.1. The number of nitrogens with one attached hydrogen (secondary N) is 1. The Morgan fingerprint density at radius 1 is 1.47 bits per heavy atom. The third kappa shape index (κ3) is 2.99. The van der Waals surface area contributed by atoms with E-state index in [-0.39, 0.29) is 5.69 Å². The Balaban J connectivity index is 2.27. The van der Waals surface area contributed by atoms with Gasteiger partial charge >= 0.3 is 5.69 Å². The van der Waals surface area contributed by atoms with E-state index < -0.39 is 23.4 Å². The van der Waals surface area contributed by atoms with Crippen molar-refractivity contribution in [1.82, 2.24) is 10.2 Å². The van der Waals surface area contributed by atoms with Crippen LogP contribution in [0.25, 0.3) is 0 Å². The molecule has 6 nitrogen and oxygen atoms in total. The highest BCUT2D eigenvalue weighted by Crippen LogP contribution is 2.31. The van der Waals surface area contributed by atoms with Crippen LogP contribution < -0.4 is 5.32 Å². The molecule has 2 rings (SSSR count). The third-order valence-electron chi connectivity index (χ3n) is 3.32. The van der Waals surface area contributed by atoms with Gasteiger partial charge in [-0.1, -0.05) is 6.07 Å². The van der Waals surface area contributed by atoms with Crippen LogP contribution in [0.2, 0.25) is 0 Å². The minimum Gasteiger partial charge on any atom is -0.502 e. The first kappa shape index (κ1) is 13.7. The van der Waals surface area contributed by atoms with Gasteiger partial charge in [-0.05, 0) is 11.6 Å². The highest BCUT2D eigenvalue weighted by molar-refractivity contribution is 5.48. The molecular formula is C12H16FN3O3. The van der Waals surface area contributed by atoms with Gasteiger partial charge in [0.25, 0.3) is 0 Å². The first-order valence-corrected chi connectivity index (χ1v) is 6.11. The molecule has 0 aromatic heterocycles. The van der Waals surface area contributed by atoms with E-state index >= 15 is 0 Å². The van der Waals surface area contributed by atoms with E-state index in [0.29, 0.717) is 18.7 Å². The van der Waals surface area contributed by atoms with E-state index in [9.17, 15) is 19.6 Å². The Morgan fingerprint density at radius 2 is 2.16 bits per heavy atom. The van der Waals surface area contributed by atoms with Gasteiger partial charge in [-0.2, -0.15) is 0 Å². The molecule has 0 bridgehead atoms. The van der Waals surface area contributed by atoms with Crippen LogP contribution in [0.5, 0.6) is 5.75 Å². The van der Waals surface area contributed by atoms with E-state index in [1.807, 2.05) is 4.90 Å². The quantitative estimate of drug-likeness (QED) is 0.634. The summed E-state index contributed by atoms with van der Waals surface area (Å²) in [5.41, 5.74) is 0.139. The van der Waals surface area contributed by atoms with Crippen molar-refractivity contribution in [2.75, 3.05) is 32.9 Å². The van der Waals surface area contributed by atoms with Gasteiger partial charge in [0, 0.05) is 32.2 Å². The fraction of sp³-hybridized carbons (Fsp3) is 0.500. The number of nitro groups is 1. The Kier molecular flexibility index (Phi) is 4.28. The van der Waals surface area contributed by atoms with E-state index in [4.69, 9.17) is 0 Å². The van der Waals surface area contributed by atoms with Crippen molar-refractivity contribution in [1.29, 1.82) is 0 Å². The molecule has 1 atom stereocenters. The van der Waals surface area contributed by atoms with Gasteiger partial charge in [-0.15, -0.1) is 0 Å². The second kappa shape index (κ2) is 5.94. The van der Waals surface area contributed by atoms with Gasteiger partial charge in [0.15, 0.2) is 5.75 Å². The molecule has 0 radical (unpaired) electrons. The number of piperazine rings is 1. The van der Waals surface area contributed by atoms with Gasteiger partial charge in [0.2, 0.25) is 0 Å². The third-order valence-corrected chi connectivity index (χ3v) is 3.32. The van der Waals surface area contributed by atoms with Crippen molar-refractivity contribution in [3.63, 3.8) is 0 Å². The lowest BCUT2D eigenvalue weighted by Gasteiger charge is -2.33. The molecule has 19 heavy (non-hydrogen) atoms. The van der Waals surface area contributed by atoms with Crippen molar-refractivity contribution in [3.8, 4) is 5.75 Å². The Hall–Kier alpha value is -1.73. The highest BCUT2D eigenvalue weighted by Gasteiger charge is 2.24. The number of phenols is 1. The standard InChI is InChI=1S/C12H16FN3O3/c13-8-11(15-5-3-14-4-6-15)9-1-2-12(17)10(7-9)16(18)19/h1-2,7,11,14,17H,3-6,8H2/t11-/m1/s1. The van der Waals surface area contributed by atoms with Crippen LogP contribution in [-0.2, 0) is 0 Å². The maximum Gasteiger partial charge on any atom is 0.311 e. The summed E-state index contributed by atoms with van der Waals surface area (Å²) in [6.07, 6.45) is 0. The van der Waals surface area contributed by atoms with Crippen molar-refractivity contribution < 1.29 is 14.4 Å². The number of alkyl halides is 1. The van der Waals surface area contributed by atoms with Crippen LogP contribution in [-0.4, -0.2) is 47.8 Å². The van der Waals surface area contributed by atoms with Crippen LogP contribution in [0.4, 0.5) is 10.1 Å². The number of hydrogen-bond acceptors (Lipinski definition) is 5. The lowest BCUT2D eigenvalue weighted by molar-refractivity contribution is -0.386. The number of halogens is 1. The molecule has 1 aromatic carbocycles. The number of hydrogen-bond donors (Lipinski definition) is 2. The molecule has 1 heterocycles. The first-order valence-electron chi connectivity index (χ1n) is 6.11. The Bertz CT molecular complexity index is 464. The zero-order valence-electron chi connectivity index (χ0n) is 10.4. The summed E-state index contributed by atoms with van der Waals surface area (Å²) in [5.74, 6) is -0.397. The molecule has 0 unspecified atom stereocenters. The lowest BCUT2D eigenvalue weighted by atomic mass is 10.0. The van der Waals surface area contributed by atoms with E-state index in [2.05, 4.69) is 5.32 Å². The highest BCUT2D eigenvalue weighted by atomic mass is 19.1. The van der Waals surface area contributed by atoms with Gasteiger partial charge in [-0.25, -0.2) is 4.39 Å². The molecule has 1 aliphatic rings. The molecule has 0 saturated carbocycles. The minimum atomic E-state index is -0.661. The Morgan fingerprint density at radius 3 is 2.74 bits per heavy atom. The fourth-order valence-electron chi connectivity index (χ4n) is 2.29. The van der Waals surface area contributed by atoms with Gasteiger partial charge in [0.05, 0.1) is 11.0 Å². The summed E-state index contributed by atoms with van der Waals surface area (Å²) in [6.45, 7) is 2.34. The normalized spacial score (nSPS) is 18.2. The summed E-state index contributed by atoms with van der Waals surface area (Å²) in [7, 11) is 0. The molecule has 7 heteroatoms. The maximum atomic E-state index is 13.3. The Labute approximate surface area is 110 Å². The molecule has 104 valence electrons. The fourth-order valence-corrected chi connectivity index (χ4v) is 2.29. The molecule has 1 aliphatic heterocycles. The summed E-state index contributed by atoms with van der Waals surface area (Å²) in [5, 5.41) is 23.4. The van der Waals surface area contributed by atoms with Gasteiger partial charge in [0.1, 0.15) is 6.67 Å². The zero-order chi connectivity index (χ0) is 13.8. The van der Waals surface area contributed by atoms with E-state index in [1.165, 1.54) is 18.2 Å². The second-order valence-electron chi connectivity index (χ2n) is 4.46. The number of nitrogens with zero attached hydrogens (tertiary/aromatic N) is 2. The molecule has 2 N–H and O–H groups in total. The molecule has 0 spiro atoms. The average Bonchev–Trinajstić information content (AvgIpc) is 2.42. The van der Waals surface area contributed by atoms with Crippen molar-refractivity contribution in [2.45, 2.75) is 6.04 Å². The predicted molar refractivity (Wildman–Crippen MR) is 67.9 cm³/mol. The second-order valence-corrected chi connectivity index (χ2v) is 4.46. The predicted octanol–water partition coefficient (Wildman–Crippen LogP) is 1.22. The number of rotatable bonds is 4. The molecule has 1 fully saturated rings. The molecule has 1 saturated heterocycles. The SMILES string of the molecule is O=[N+]([O-])c1cc([C@@H](CF)N2CCNCC2)ccc1O. The number of aromatic hydroxyl groups is 1. The van der Waals surface area contributed by atoms with Crippen LogP contribution in [0.15, 0.2) is 18.2 Å². The van der Waals surface area contributed by atoms with Crippen LogP contribution >= 0.6 is 0 Å². The topological polar surface area (TPSA) is 78.6 Å². The molecule has 1 aromatic rings. The van der Waals surface area contributed by atoms with Crippen molar-refractivity contribution in [2.24, 2.45) is 0 Å². The van der Waals surface area contributed by atoms with Crippen LogP contribution in [0.3, 0.4) is 0 Å². The van der Waals surface area contributed by atoms with Gasteiger partial charge in [-0.3, -0.25) is 15.0 Å². The summed E-state index contributed by atoms with van der Waals surface area (Å²) < 4.78 is 13.3. The maximum absolute atomic E-state index is 13.3. The average molecular weight is 269 g/mol. The lowest BCUT2D eigenvalue weighted by Crippen LogP contribution is -2.45. The van der Waals surface area contributed by atoms with E-state index in [0.717, 1.165) is 13.1 Å². The number of nitro benzene ring substituents is 1. The number of benzene rings is 1. The number of phenolic OH excluding ortho intramolecular Hbond substituents is 1. The largest absolute Gasteiger partial charge is 0.502 e. The minimum absolute atomic E-state index is 0.383. The van der Waals surface area contributed by atoms with Crippen LogP contribution in [0.1, 0.15) is 11.6 Å². The summed E-state index contributed by atoms with van der Waals surface area (Å²) >= 11 is 0. The van der Waals surface area contributed by atoms with Crippen LogP contribution in [0, 0.1) is 10.1 Å². The zero-order valence-corrected chi connectivity index (χ0v) is 10.4. The van der Waals surface area contributed by atoms with Crippen molar-refractivity contribution >= 4 is 5.69 Å². The summed E-state index contributed by atoms with van der Waals surface area (Å²) in [6, 6.07) is 3.54. The molecular weight excluding hydrogens is 253 g/mol. The van der Waals surface area contributed by atoms with Gasteiger partial charge < -0.3 is 10.4 Å². The van der Waals surface area contributed by atoms with E-state index in [1.54, 1.807) is 0 Å². The van der Waals surface area contributed by atoms with Crippen molar-refractivity contribution in [3.05, 3.63) is 33.9 Å². The smallest absolute Gasteiger partial charge is 0.311 e. The first-order chi connectivity index (χ1) is 9.13. The monoisotopic (exact) mass is 269 g/mol. The molecule has 0 aliphatic carbocycles. The molecule has 0 amide bonds.